The number of rotatable bonds is 5. The van der Waals surface area contributed by atoms with Gasteiger partial charge in [0.15, 0.2) is 5.60 Å². The van der Waals surface area contributed by atoms with Gasteiger partial charge in [0.2, 0.25) is 5.91 Å². The summed E-state index contributed by atoms with van der Waals surface area (Å²) in [5.41, 5.74) is -0.755. The molecule has 152 valence electrons. The summed E-state index contributed by atoms with van der Waals surface area (Å²) in [6.45, 7) is -0.315. The minimum Gasteiger partial charge on any atom is -0.497 e. The zero-order valence-electron chi connectivity index (χ0n) is 16.1. The van der Waals surface area contributed by atoms with Gasteiger partial charge in [0.25, 0.3) is 5.91 Å². The van der Waals surface area contributed by atoms with Gasteiger partial charge in [-0.05, 0) is 30.3 Å². The number of fused-ring (bicyclic) bond motifs is 1. The lowest BCUT2D eigenvalue weighted by Crippen LogP contribution is -2.44. The van der Waals surface area contributed by atoms with E-state index in [1.807, 2.05) is 0 Å². The van der Waals surface area contributed by atoms with Crippen LogP contribution in [0.25, 0.3) is 0 Å². The lowest BCUT2D eigenvalue weighted by molar-refractivity contribution is -0.133. The molecule has 3 aromatic carbocycles. The van der Waals surface area contributed by atoms with Crippen LogP contribution < -0.4 is 15.0 Å². The van der Waals surface area contributed by atoms with E-state index in [0.717, 1.165) is 6.07 Å². The molecule has 0 fully saturated rings. The normalized spacial score (nSPS) is 17.6. The van der Waals surface area contributed by atoms with E-state index in [9.17, 15) is 19.1 Å². The summed E-state index contributed by atoms with van der Waals surface area (Å²) in [5, 5.41) is 14.1. The van der Waals surface area contributed by atoms with E-state index in [1.54, 1.807) is 48.5 Å². The van der Waals surface area contributed by atoms with Gasteiger partial charge in [0.05, 0.1) is 12.8 Å². The first-order chi connectivity index (χ1) is 14.4. The van der Waals surface area contributed by atoms with E-state index >= 15 is 0 Å². The van der Waals surface area contributed by atoms with Crippen molar-refractivity contribution < 1.29 is 23.8 Å². The summed E-state index contributed by atoms with van der Waals surface area (Å²) >= 11 is 0. The Hall–Kier alpha value is -3.71. The summed E-state index contributed by atoms with van der Waals surface area (Å²) in [5.74, 6) is -1.15. The van der Waals surface area contributed by atoms with Crippen LogP contribution in [0.3, 0.4) is 0 Å². The molecule has 0 saturated carbocycles. The maximum absolute atomic E-state index is 13.8. The molecule has 1 aliphatic rings. The number of para-hydroxylation sites is 1. The number of aliphatic hydroxyl groups is 1. The van der Waals surface area contributed by atoms with Crippen molar-refractivity contribution in [2.24, 2.45) is 0 Å². The summed E-state index contributed by atoms with van der Waals surface area (Å²) in [6.07, 6.45) is 0. The predicted molar refractivity (Wildman–Crippen MR) is 110 cm³/mol. The maximum Gasteiger partial charge on any atom is 0.268 e. The van der Waals surface area contributed by atoms with Crippen LogP contribution in [0.15, 0.2) is 72.8 Å². The van der Waals surface area contributed by atoms with Crippen LogP contribution in [-0.2, 0) is 15.2 Å². The van der Waals surface area contributed by atoms with Crippen molar-refractivity contribution >= 4 is 23.2 Å². The first-order valence-corrected chi connectivity index (χ1v) is 9.27. The lowest BCUT2D eigenvalue weighted by atomic mass is 9.87. The van der Waals surface area contributed by atoms with E-state index in [1.165, 1.54) is 30.2 Å². The van der Waals surface area contributed by atoms with Gasteiger partial charge >= 0.3 is 0 Å². The molecule has 30 heavy (non-hydrogen) atoms. The second-order valence-corrected chi connectivity index (χ2v) is 6.91. The van der Waals surface area contributed by atoms with E-state index in [0.29, 0.717) is 22.7 Å². The first kappa shape index (κ1) is 19.6. The van der Waals surface area contributed by atoms with Gasteiger partial charge in [-0.2, -0.15) is 0 Å². The molecule has 0 radical (unpaired) electrons. The van der Waals surface area contributed by atoms with Crippen molar-refractivity contribution in [2.75, 3.05) is 23.9 Å². The minimum absolute atomic E-state index is 0.107. The Morgan fingerprint density at radius 1 is 1.10 bits per heavy atom. The number of hydrogen-bond donors (Lipinski definition) is 2. The summed E-state index contributed by atoms with van der Waals surface area (Å²) in [6, 6.07) is 18.7. The molecule has 0 aromatic heterocycles. The van der Waals surface area contributed by atoms with Crippen LogP contribution in [0, 0.1) is 5.82 Å². The standard InChI is InChI=1S/C23H19FN2O4/c1-30-18-9-5-8-17(13-18)25-21(27)14-26-20-11-3-2-10-19(20)23(29,22(26)28)15-6-4-7-16(24)12-15/h2-13,29H,14H2,1H3,(H,25,27)/t23-/m1/s1. The van der Waals surface area contributed by atoms with Crippen molar-refractivity contribution in [3.8, 4) is 5.75 Å². The number of anilines is 2. The van der Waals surface area contributed by atoms with E-state index in [2.05, 4.69) is 5.32 Å². The van der Waals surface area contributed by atoms with Gasteiger partial charge < -0.3 is 15.2 Å². The van der Waals surface area contributed by atoms with Crippen LogP contribution in [0.4, 0.5) is 15.8 Å². The molecule has 2 amide bonds. The van der Waals surface area contributed by atoms with Crippen LogP contribution >= 0.6 is 0 Å². The van der Waals surface area contributed by atoms with Crippen molar-refractivity contribution in [1.82, 2.24) is 0 Å². The second kappa shape index (κ2) is 7.61. The molecule has 1 atom stereocenters. The van der Waals surface area contributed by atoms with Crippen molar-refractivity contribution in [1.29, 1.82) is 0 Å². The predicted octanol–water partition coefficient (Wildman–Crippen LogP) is 3.06. The third-order valence-corrected chi connectivity index (χ3v) is 5.04. The van der Waals surface area contributed by atoms with Crippen molar-refractivity contribution in [3.63, 3.8) is 0 Å². The highest BCUT2D eigenvalue weighted by molar-refractivity contribution is 6.12. The van der Waals surface area contributed by atoms with Crippen LogP contribution in [0.5, 0.6) is 5.75 Å². The van der Waals surface area contributed by atoms with E-state index in [4.69, 9.17) is 4.74 Å². The second-order valence-electron chi connectivity index (χ2n) is 6.91. The molecule has 0 unspecified atom stereocenters. The quantitative estimate of drug-likeness (QED) is 0.683. The number of benzene rings is 3. The topological polar surface area (TPSA) is 78.9 Å². The lowest BCUT2D eigenvalue weighted by Gasteiger charge is -2.23. The first-order valence-electron chi connectivity index (χ1n) is 9.27. The SMILES string of the molecule is COc1cccc(NC(=O)CN2C(=O)[C@@](O)(c3cccc(F)c3)c3ccccc32)c1. The van der Waals surface area contributed by atoms with Crippen molar-refractivity contribution in [2.45, 2.75) is 5.60 Å². The fraction of sp³-hybridized carbons (Fsp3) is 0.130. The van der Waals surface area contributed by atoms with Gasteiger partial charge in [-0.15, -0.1) is 0 Å². The zero-order chi connectivity index (χ0) is 21.3. The fourth-order valence-electron chi connectivity index (χ4n) is 3.63. The highest BCUT2D eigenvalue weighted by atomic mass is 19.1. The van der Waals surface area contributed by atoms with Gasteiger partial charge in [0.1, 0.15) is 18.1 Å². The average molecular weight is 406 g/mol. The van der Waals surface area contributed by atoms with Crippen LogP contribution in [0.1, 0.15) is 11.1 Å². The average Bonchev–Trinajstić information content (AvgIpc) is 2.97. The number of amides is 2. The highest BCUT2D eigenvalue weighted by Crippen LogP contribution is 2.44. The molecule has 2 N–H and O–H groups in total. The summed E-state index contributed by atoms with van der Waals surface area (Å²) in [7, 11) is 1.52. The van der Waals surface area contributed by atoms with Crippen LogP contribution in [0.2, 0.25) is 0 Å². The molecular formula is C23H19FN2O4. The molecule has 0 saturated heterocycles. The van der Waals surface area contributed by atoms with Crippen molar-refractivity contribution in [3.05, 3.63) is 89.7 Å². The number of carbonyl (C=O) groups is 2. The molecular weight excluding hydrogens is 387 g/mol. The minimum atomic E-state index is -2.07. The number of halogens is 1. The van der Waals surface area contributed by atoms with Gasteiger partial charge in [-0.1, -0.05) is 36.4 Å². The van der Waals surface area contributed by atoms with E-state index in [-0.39, 0.29) is 12.1 Å². The Morgan fingerprint density at radius 3 is 2.63 bits per heavy atom. The Bertz CT molecular complexity index is 1130. The summed E-state index contributed by atoms with van der Waals surface area (Å²) < 4.78 is 18.9. The molecule has 1 heterocycles. The van der Waals surface area contributed by atoms with Crippen LogP contribution in [-0.4, -0.2) is 30.6 Å². The van der Waals surface area contributed by atoms with Gasteiger partial charge in [0, 0.05) is 22.9 Å². The Morgan fingerprint density at radius 2 is 1.87 bits per heavy atom. The number of methoxy groups -OCH3 is 1. The third kappa shape index (κ3) is 3.29. The monoisotopic (exact) mass is 406 g/mol. The number of carbonyl (C=O) groups excluding carboxylic acids is 2. The number of nitrogens with one attached hydrogen (secondary N) is 1. The number of ether oxygens (including phenoxy) is 1. The Kier molecular flexibility index (Phi) is 4.97. The smallest absolute Gasteiger partial charge is 0.268 e. The number of nitrogens with zero attached hydrogens (tertiary/aromatic N) is 1. The number of hydrogen-bond acceptors (Lipinski definition) is 4. The third-order valence-electron chi connectivity index (χ3n) is 5.04. The highest BCUT2D eigenvalue weighted by Gasteiger charge is 2.51. The Balaban J connectivity index is 1.64. The molecule has 0 aliphatic carbocycles. The van der Waals surface area contributed by atoms with Gasteiger partial charge in [-0.25, -0.2) is 4.39 Å². The zero-order valence-corrected chi connectivity index (χ0v) is 16.1. The Labute approximate surface area is 172 Å². The molecule has 1 aliphatic heterocycles. The van der Waals surface area contributed by atoms with Gasteiger partial charge in [-0.3, -0.25) is 14.5 Å². The fourth-order valence-corrected chi connectivity index (χ4v) is 3.63. The molecule has 7 heteroatoms. The van der Waals surface area contributed by atoms with E-state index < -0.39 is 23.2 Å². The molecule has 0 bridgehead atoms. The molecule has 6 nitrogen and oxygen atoms in total. The summed E-state index contributed by atoms with van der Waals surface area (Å²) in [4.78, 5) is 27.1. The molecule has 4 rings (SSSR count). The molecule has 3 aromatic rings. The largest absolute Gasteiger partial charge is 0.497 e. The maximum atomic E-state index is 13.8. The molecule has 0 spiro atoms.